The fourth-order valence-electron chi connectivity index (χ4n) is 8.66. The molecule has 0 aliphatic heterocycles. The first-order valence-corrected chi connectivity index (χ1v) is 17.4. The van der Waals surface area contributed by atoms with Gasteiger partial charge in [0.25, 0.3) is 0 Å². The van der Waals surface area contributed by atoms with Crippen LogP contribution >= 0.6 is 0 Å². The molecule has 9 aromatic rings. The lowest BCUT2D eigenvalue weighted by Gasteiger charge is -2.26. The second-order valence-corrected chi connectivity index (χ2v) is 15.7. The van der Waals surface area contributed by atoms with Gasteiger partial charge in [-0.1, -0.05) is 157 Å². The smallest absolute Gasteiger partial charge is 0.136 e. The molecule has 238 valence electrons. The van der Waals surface area contributed by atoms with E-state index in [1.54, 1.807) is 0 Å². The quantitative estimate of drug-likeness (QED) is 0.173. The van der Waals surface area contributed by atoms with Gasteiger partial charge in [0.1, 0.15) is 11.2 Å². The summed E-state index contributed by atoms with van der Waals surface area (Å²) in [5.74, 6) is 0. The van der Waals surface area contributed by atoms with E-state index in [1.165, 1.54) is 81.9 Å². The molecule has 49 heavy (non-hydrogen) atoms. The summed E-state index contributed by atoms with van der Waals surface area (Å²) in [5.41, 5.74) is 9.51. The summed E-state index contributed by atoms with van der Waals surface area (Å²) in [7, 11) is 0. The van der Waals surface area contributed by atoms with Crippen molar-refractivity contribution in [3.8, 4) is 22.3 Å². The van der Waals surface area contributed by atoms with Gasteiger partial charge in [0.05, 0.1) is 0 Å². The van der Waals surface area contributed by atoms with Crippen molar-refractivity contribution in [3.05, 3.63) is 145 Å². The Bertz CT molecular complexity index is 2660. The Morgan fingerprint density at radius 2 is 0.796 bits per heavy atom. The molecule has 0 fully saturated rings. The van der Waals surface area contributed by atoms with E-state index >= 15 is 0 Å². The largest absolute Gasteiger partial charge is 0.456 e. The highest BCUT2D eigenvalue weighted by Crippen LogP contribution is 2.48. The third-order valence-electron chi connectivity index (χ3n) is 10.4. The van der Waals surface area contributed by atoms with Crippen molar-refractivity contribution in [2.45, 2.75) is 52.4 Å². The van der Waals surface area contributed by atoms with Crippen molar-refractivity contribution in [3.63, 3.8) is 0 Å². The minimum atomic E-state index is -0.0120. The minimum Gasteiger partial charge on any atom is -0.456 e. The fourth-order valence-corrected chi connectivity index (χ4v) is 8.66. The SMILES string of the molecule is CC(C)(C)c1c2ccccc2c(-c2ccc3c(c2)oc2cccc(-c4c5ccccc5c(C(C)(C)C)c5ccccc45)c23)c2ccccc12. The van der Waals surface area contributed by atoms with Gasteiger partial charge in [-0.25, -0.2) is 0 Å². The van der Waals surface area contributed by atoms with Gasteiger partial charge in [-0.3, -0.25) is 0 Å². The summed E-state index contributed by atoms with van der Waals surface area (Å²) < 4.78 is 6.78. The molecule has 1 heterocycles. The number of furan rings is 1. The van der Waals surface area contributed by atoms with Crippen molar-refractivity contribution in [2.24, 2.45) is 0 Å². The number of hydrogen-bond donors (Lipinski definition) is 0. The van der Waals surface area contributed by atoms with E-state index in [1.807, 2.05) is 0 Å². The Morgan fingerprint density at radius 3 is 1.24 bits per heavy atom. The van der Waals surface area contributed by atoms with Crippen molar-refractivity contribution in [1.29, 1.82) is 0 Å². The summed E-state index contributed by atoms with van der Waals surface area (Å²) in [6.07, 6.45) is 0. The summed E-state index contributed by atoms with van der Waals surface area (Å²) in [6, 6.07) is 49.1. The van der Waals surface area contributed by atoms with Crippen molar-refractivity contribution in [2.75, 3.05) is 0 Å². The molecule has 0 atom stereocenters. The lowest BCUT2D eigenvalue weighted by molar-refractivity contribution is 0.601. The molecule has 1 nitrogen and oxygen atoms in total. The van der Waals surface area contributed by atoms with Crippen LogP contribution in [0.1, 0.15) is 52.7 Å². The monoisotopic (exact) mass is 632 g/mol. The van der Waals surface area contributed by atoms with E-state index in [4.69, 9.17) is 4.42 Å². The van der Waals surface area contributed by atoms with E-state index in [2.05, 4.69) is 175 Å². The molecule has 0 bridgehead atoms. The molecular formula is C48H40O. The van der Waals surface area contributed by atoms with Crippen molar-refractivity contribution < 1.29 is 4.42 Å². The highest BCUT2D eigenvalue weighted by atomic mass is 16.3. The Labute approximate surface area is 287 Å². The zero-order chi connectivity index (χ0) is 33.7. The molecule has 8 aromatic carbocycles. The molecule has 0 spiro atoms. The molecule has 1 heteroatoms. The average molecular weight is 633 g/mol. The van der Waals surface area contributed by atoms with Gasteiger partial charge < -0.3 is 4.42 Å². The minimum absolute atomic E-state index is 0.00371. The Hall–Kier alpha value is -5.40. The van der Waals surface area contributed by atoms with Crippen LogP contribution in [0, 0.1) is 0 Å². The maximum atomic E-state index is 6.78. The van der Waals surface area contributed by atoms with Crippen molar-refractivity contribution in [1.82, 2.24) is 0 Å². The van der Waals surface area contributed by atoms with E-state index in [0.29, 0.717) is 0 Å². The van der Waals surface area contributed by atoms with Gasteiger partial charge >= 0.3 is 0 Å². The standard InChI is InChI=1S/C48H40O/c1-47(2,3)45-34-20-11-7-16-30(34)42(31-17-8-12-21-35(31)45)29-26-27-38-41(28-29)49-40-25-15-24-39(44(38)40)43-32-18-9-13-22-36(32)46(48(4,5)6)37-23-14-10-19-33(37)43/h7-28H,1-6H3. The number of rotatable bonds is 2. The average Bonchev–Trinajstić information content (AvgIpc) is 3.46. The maximum absolute atomic E-state index is 6.78. The third-order valence-corrected chi connectivity index (χ3v) is 10.4. The molecular weight excluding hydrogens is 593 g/mol. The van der Waals surface area contributed by atoms with Crippen LogP contribution in [0.25, 0.3) is 87.3 Å². The Balaban J connectivity index is 1.35. The molecule has 1 aromatic heterocycles. The molecule has 0 saturated carbocycles. The normalized spacial score (nSPS) is 12.7. The second kappa shape index (κ2) is 10.5. The van der Waals surface area contributed by atoms with Gasteiger partial charge in [0.2, 0.25) is 0 Å². The Kier molecular flexibility index (Phi) is 6.40. The van der Waals surface area contributed by atoms with Crippen LogP contribution in [0.2, 0.25) is 0 Å². The zero-order valence-electron chi connectivity index (χ0n) is 29.1. The fraction of sp³-hybridized carbons (Fsp3) is 0.167. The van der Waals surface area contributed by atoms with Crippen LogP contribution in [0.5, 0.6) is 0 Å². The predicted molar refractivity (Wildman–Crippen MR) is 212 cm³/mol. The van der Waals surface area contributed by atoms with Crippen LogP contribution in [-0.4, -0.2) is 0 Å². The molecule has 0 aliphatic carbocycles. The predicted octanol–water partition coefficient (Wildman–Crippen LogP) is 14.1. The van der Waals surface area contributed by atoms with Crippen LogP contribution in [0.3, 0.4) is 0 Å². The van der Waals surface area contributed by atoms with Crippen LogP contribution in [0.15, 0.2) is 138 Å². The van der Waals surface area contributed by atoms with Gasteiger partial charge in [0, 0.05) is 10.8 Å². The number of hydrogen-bond acceptors (Lipinski definition) is 1. The maximum Gasteiger partial charge on any atom is 0.136 e. The summed E-state index contributed by atoms with van der Waals surface area (Å²) in [4.78, 5) is 0. The van der Waals surface area contributed by atoms with Crippen LogP contribution in [0.4, 0.5) is 0 Å². The highest BCUT2D eigenvalue weighted by molar-refractivity contribution is 6.23. The van der Waals surface area contributed by atoms with E-state index in [0.717, 1.165) is 16.6 Å². The van der Waals surface area contributed by atoms with Crippen LogP contribution in [-0.2, 0) is 10.8 Å². The molecule has 0 amide bonds. The van der Waals surface area contributed by atoms with Crippen LogP contribution < -0.4 is 0 Å². The van der Waals surface area contributed by atoms with E-state index in [9.17, 15) is 0 Å². The van der Waals surface area contributed by atoms with E-state index < -0.39 is 0 Å². The van der Waals surface area contributed by atoms with Gasteiger partial charge in [0.15, 0.2) is 0 Å². The molecule has 0 radical (unpaired) electrons. The third kappa shape index (κ3) is 4.45. The molecule has 0 N–H and O–H groups in total. The first-order chi connectivity index (χ1) is 23.6. The lowest BCUT2D eigenvalue weighted by atomic mass is 9.77. The number of fused-ring (bicyclic) bond motifs is 7. The zero-order valence-corrected chi connectivity index (χ0v) is 29.1. The number of benzene rings is 8. The van der Waals surface area contributed by atoms with Gasteiger partial charge in [-0.2, -0.15) is 0 Å². The summed E-state index contributed by atoms with van der Waals surface area (Å²) in [5, 5.41) is 12.7. The topological polar surface area (TPSA) is 13.1 Å². The Morgan fingerprint density at radius 1 is 0.367 bits per heavy atom. The van der Waals surface area contributed by atoms with E-state index in [-0.39, 0.29) is 10.8 Å². The first kappa shape index (κ1) is 29.7. The molecule has 0 aliphatic rings. The van der Waals surface area contributed by atoms with Gasteiger partial charge in [-0.05, 0) is 105 Å². The lowest BCUT2D eigenvalue weighted by Crippen LogP contribution is -2.13. The summed E-state index contributed by atoms with van der Waals surface area (Å²) >= 11 is 0. The molecule has 9 rings (SSSR count). The second-order valence-electron chi connectivity index (χ2n) is 15.7. The molecule has 0 saturated heterocycles. The van der Waals surface area contributed by atoms with Gasteiger partial charge in [-0.15, -0.1) is 0 Å². The molecule has 0 unspecified atom stereocenters. The van der Waals surface area contributed by atoms with Crippen molar-refractivity contribution >= 4 is 65.0 Å². The summed E-state index contributed by atoms with van der Waals surface area (Å²) in [6.45, 7) is 13.9. The highest BCUT2D eigenvalue weighted by Gasteiger charge is 2.26. The first-order valence-electron chi connectivity index (χ1n) is 17.4.